The molecule has 0 aliphatic heterocycles. The third kappa shape index (κ3) is 6.10. The molecule has 0 aromatic carbocycles. The Morgan fingerprint density at radius 3 is 2.30 bits per heavy atom. The SMILES string of the molecule is C=CC=C(C=C)C(=C)C(=C)N(C)NC(=C)CCCC=C. The number of hydrogen-bond donors (Lipinski definition) is 1. The average molecular weight is 270 g/mol. The summed E-state index contributed by atoms with van der Waals surface area (Å²) in [4.78, 5) is 0. The van der Waals surface area contributed by atoms with E-state index in [-0.39, 0.29) is 0 Å². The summed E-state index contributed by atoms with van der Waals surface area (Å²) in [5.74, 6) is 0. The first-order valence-electron chi connectivity index (χ1n) is 6.60. The lowest BCUT2D eigenvalue weighted by Crippen LogP contribution is -2.33. The second kappa shape index (κ2) is 9.68. The van der Waals surface area contributed by atoms with Crippen LogP contribution in [0.25, 0.3) is 0 Å². The van der Waals surface area contributed by atoms with Crippen LogP contribution in [0, 0.1) is 0 Å². The van der Waals surface area contributed by atoms with Crippen molar-refractivity contribution in [2.45, 2.75) is 19.3 Å². The normalized spacial score (nSPS) is 10.3. The van der Waals surface area contributed by atoms with Crippen molar-refractivity contribution >= 4 is 0 Å². The summed E-state index contributed by atoms with van der Waals surface area (Å²) in [6.45, 7) is 23.2. The number of rotatable bonds is 11. The van der Waals surface area contributed by atoms with Crippen molar-refractivity contribution in [2.24, 2.45) is 0 Å². The fourth-order valence-corrected chi connectivity index (χ4v) is 1.61. The van der Waals surface area contributed by atoms with E-state index < -0.39 is 0 Å². The molecule has 0 aromatic heterocycles. The maximum Gasteiger partial charge on any atom is 0.0569 e. The molecule has 108 valence electrons. The monoisotopic (exact) mass is 270 g/mol. The number of allylic oxidation sites excluding steroid dienone is 6. The van der Waals surface area contributed by atoms with Gasteiger partial charge in [0, 0.05) is 12.7 Å². The molecule has 0 fully saturated rings. The molecule has 0 saturated carbocycles. The Morgan fingerprint density at radius 1 is 1.15 bits per heavy atom. The lowest BCUT2D eigenvalue weighted by Gasteiger charge is -2.26. The summed E-state index contributed by atoms with van der Waals surface area (Å²) in [5.41, 5.74) is 6.60. The molecule has 0 radical (unpaired) electrons. The summed E-state index contributed by atoms with van der Waals surface area (Å²) in [6, 6.07) is 0. The quantitative estimate of drug-likeness (QED) is 0.254. The van der Waals surface area contributed by atoms with Gasteiger partial charge in [-0.3, -0.25) is 5.01 Å². The molecule has 0 aliphatic carbocycles. The van der Waals surface area contributed by atoms with Crippen LogP contribution in [0.1, 0.15) is 19.3 Å². The van der Waals surface area contributed by atoms with Crippen LogP contribution in [-0.4, -0.2) is 12.1 Å². The van der Waals surface area contributed by atoms with Gasteiger partial charge in [-0.2, -0.15) is 0 Å². The molecule has 20 heavy (non-hydrogen) atoms. The standard InChI is InChI=1S/C18H26N2/c1-8-11-12-14-15(4)19-20(7)17(6)16(5)18(10-3)13-9-2/h8-10,13,19H,1-6,11-12,14H2,7H3. The van der Waals surface area contributed by atoms with E-state index in [1.165, 1.54) is 0 Å². The van der Waals surface area contributed by atoms with Crippen LogP contribution in [0.15, 0.2) is 86.3 Å². The molecular formula is C18H26N2. The van der Waals surface area contributed by atoms with Gasteiger partial charge in [-0.25, -0.2) is 0 Å². The summed E-state index contributed by atoms with van der Waals surface area (Å²) >= 11 is 0. The van der Waals surface area contributed by atoms with Gasteiger partial charge >= 0.3 is 0 Å². The minimum Gasteiger partial charge on any atom is -0.303 e. The van der Waals surface area contributed by atoms with Gasteiger partial charge in [0.15, 0.2) is 0 Å². The fraction of sp³-hybridized carbons (Fsp3) is 0.222. The van der Waals surface area contributed by atoms with Crippen molar-refractivity contribution < 1.29 is 0 Å². The molecule has 1 N–H and O–H groups in total. The average Bonchev–Trinajstić information content (AvgIpc) is 2.43. The van der Waals surface area contributed by atoms with Gasteiger partial charge in [0.1, 0.15) is 0 Å². The number of unbranched alkanes of at least 4 members (excludes halogenated alkanes) is 1. The van der Waals surface area contributed by atoms with E-state index in [0.29, 0.717) is 0 Å². The van der Waals surface area contributed by atoms with Crippen LogP contribution >= 0.6 is 0 Å². The number of likely N-dealkylation sites (N-methyl/N-ethyl adjacent to an activating group) is 1. The molecule has 0 amide bonds. The summed E-state index contributed by atoms with van der Waals surface area (Å²) in [6.07, 6.45) is 10.1. The van der Waals surface area contributed by atoms with Crippen LogP contribution in [0.3, 0.4) is 0 Å². The summed E-state index contributed by atoms with van der Waals surface area (Å²) in [7, 11) is 1.89. The first-order chi connectivity index (χ1) is 9.47. The minimum atomic E-state index is 0.767. The predicted molar refractivity (Wildman–Crippen MR) is 90.8 cm³/mol. The predicted octanol–water partition coefficient (Wildman–Crippen LogP) is 4.66. The Morgan fingerprint density at radius 2 is 1.80 bits per heavy atom. The van der Waals surface area contributed by atoms with Gasteiger partial charge in [0.2, 0.25) is 0 Å². The van der Waals surface area contributed by atoms with Gasteiger partial charge in [-0.15, -0.1) is 6.58 Å². The van der Waals surface area contributed by atoms with Crippen molar-refractivity contribution in [1.82, 2.24) is 10.4 Å². The zero-order valence-electron chi connectivity index (χ0n) is 12.6. The Labute approximate surface area is 123 Å². The van der Waals surface area contributed by atoms with E-state index in [0.717, 1.165) is 41.8 Å². The molecule has 2 nitrogen and oxygen atoms in total. The molecule has 0 atom stereocenters. The molecule has 0 bridgehead atoms. The van der Waals surface area contributed by atoms with Gasteiger partial charge < -0.3 is 5.43 Å². The second-order valence-electron chi connectivity index (χ2n) is 4.44. The highest BCUT2D eigenvalue weighted by atomic mass is 15.5. The second-order valence-corrected chi connectivity index (χ2v) is 4.44. The number of hydrazine groups is 1. The molecule has 0 saturated heterocycles. The maximum absolute atomic E-state index is 4.04. The number of nitrogens with one attached hydrogen (secondary N) is 1. The Hall–Kier alpha value is -2.22. The molecule has 0 aromatic rings. The smallest absolute Gasteiger partial charge is 0.0569 e. The van der Waals surface area contributed by atoms with Crippen LogP contribution in [-0.2, 0) is 0 Å². The van der Waals surface area contributed by atoms with Gasteiger partial charge in [0.05, 0.1) is 5.70 Å². The summed E-state index contributed by atoms with van der Waals surface area (Å²) < 4.78 is 0. The fourth-order valence-electron chi connectivity index (χ4n) is 1.61. The van der Waals surface area contributed by atoms with E-state index >= 15 is 0 Å². The maximum atomic E-state index is 4.04. The van der Waals surface area contributed by atoms with Gasteiger partial charge in [-0.1, -0.05) is 57.2 Å². The number of hydrogen-bond acceptors (Lipinski definition) is 2. The molecule has 0 spiro atoms. The van der Waals surface area contributed by atoms with Crippen LogP contribution in [0.4, 0.5) is 0 Å². The van der Waals surface area contributed by atoms with E-state index in [2.05, 4.69) is 44.9 Å². The van der Waals surface area contributed by atoms with Crippen molar-refractivity contribution in [2.75, 3.05) is 7.05 Å². The number of nitrogens with zero attached hydrogens (tertiary/aromatic N) is 1. The Balaban J connectivity index is 4.54. The minimum absolute atomic E-state index is 0.767. The van der Waals surface area contributed by atoms with Crippen molar-refractivity contribution in [3.63, 3.8) is 0 Å². The highest BCUT2D eigenvalue weighted by Gasteiger charge is 2.08. The van der Waals surface area contributed by atoms with Crippen LogP contribution in [0.5, 0.6) is 0 Å². The van der Waals surface area contributed by atoms with E-state index in [1.807, 2.05) is 24.2 Å². The third-order valence-electron chi connectivity index (χ3n) is 2.83. The van der Waals surface area contributed by atoms with Crippen molar-refractivity contribution in [3.05, 3.63) is 86.3 Å². The highest BCUT2D eigenvalue weighted by Crippen LogP contribution is 2.19. The first kappa shape index (κ1) is 17.8. The zero-order chi connectivity index (χ0) is 15.5. The van der Waals surface area contributed by atoms with Gasteiger partial charge in [0.25, 0.3) is 0 Å². The topological polar surface area (TPSA) is 15.3 Å². The van der Waals surface area contributed by atoms with Crippen LogP contribution < -0.4 is 5.43 Å². The third-order valence-corrected chi connectivity index (χ3v) is 2.83. The highest BCUT2D eigenvalue weighted by molar-refractivity contribution is 5.49. The molecule has 0 aliphatic rings. The Kier molecular flexibility index (Phi) is 8.60. The van der Waals surface area contributed by atoms with Crippen molar-refractivity contribution in [3.8, 4) is 0 Å². The molecule has 0 rings (SSSR count). The van der Waals surface area contributed by atoms with Crippen LogP contribution in [0.2, 0.25) is 0 Å². The van der Waals surface area contributed by atoms with Gasteiger partial charge in [-0.05, 0) is 30.4 Å². The lowest BCUT2D eigenvalue weighted by molar-refractivity contribution is 0.339. The van der Waals surface area contributed by atoms with E-state index in [1.54, 1.807) is 12.2 Å². The Bertz CT molecular complexity index is 438. The lowest BCUT2D eigenvalue weighted by atomic mass is 10.0. The molecule has 0 heterocycles. The summed E-state index contributed by atoms with van der Waals surface area (Å²) in [5, 5.41) is 1.82. The molecule has 0 unspecified atom stereocenters. The molecule has 2 heteroatoms. The van der Waals surface area contributed by atoms with E-state index in [4.69, 9.17) is 0 Å². The first-order valence-corrected chi connectivity index (χ1v) is 6.60. The largest absolute Gasteiger partial charge is 0.303 e. The van der Waals surface area contributed by atoms with E-state index in [9.17, 15) is 0 Å². The zero-order valence-corrected chi connectivity index (χ0v) is 12.6. The molecular weight excluding hydrogens is 244 g/mol. The van der Waals surface area contributed by atoms with Crippen molar-refractivity contribution in [1.29, 1.82) is 0 Å².